The van der Waals surface area contributed by atoms with Gasteiger partial charge in [-0.2, -0.15) is 0 Å². The van der Waals surface area contributed by atoms with E-state index < -0.39 is 30.1 Å². The molecule has 0 saturated carbocycles. The van der Waals surface area contributed by atoms with Crippen molar-refractivity contribution in [3.05, 3.63) is 35.9 Å². The number of carbonyl (C=O) groups is 3. The Balaban J connectivity index is 2.37. The predicted octanol–water partition coefficient (Wildman–Crippen LogP) is 1.47. The Bertz CT molecular complexity index is 492. The fourth-order valence-corrected chi connectivity index (χ4v) is 1.32. The number of hydrogen-bond donors (Lipinski definition) is 2. The van der Waals surface area contributed by atoms with Crippen LogP contribution in [0.15, 0.2) is 30.3 Å². The van der Waals surface area contributed by atoms with Gasteiger partial charge in [0.1, 0.15) is 0 Å². The number of hydrogen-bond acceptors (Lipinski definition) is 4. The first-order valence-corrected chi connectivity index (χ1v) is 6.12. The van der Waals surface area contributed by atoms with Crippen molar-refractivity contribution in [3.63, 3.8) is 0 Å². The quantitative estimate of drug-likeness (QED) is 0.820. The van der Waals surface area contributed by atoms with E-state index in [1.54, 1.807) is 51.1 Å². The first-order valence-electron chi connectivity index (χ1n) is 6.12. The van der Waals surface area contributed by atoms with E-state index in [0.717, 1.165) is 0 Å². The molecule has 1 aromatic carbocycles. The Morgan fingerprint density at radius 3 is 2.25 bits per heavy atom. The lowest BCUT2D eigenvalue weighted by molar-refractivity contribution is -0.123. The zero-order valence-corrected chi connectivity index (χ0v) is 11.7. The van der Waals surface area contributed by atoms with Crippen LogP contribution in [0.25, 0.3) is 0 Å². The SMILES string of the molecule is CC(C)(C)NC(=O)NC(=O)COC(=O)c1ccccc1. The minimum atomic E-state index is -0.684. The lowest BCUT2D eigenvalue weighted by Crippen LogP contribution is -2.49. The summed E-state index contributed by atoms with van der Waals surface area (Å²) < 4.78 is 4.79. The van der Waals surface area contributed by atoms with Crippen LogP contribution < -0.4 is 10.6 Å². The van der Waals surface area contributed by atoms with Crippen LogP contribution in [0.2, 0.25) is 0 Å². The topological polar surface area (TPSA) is 84.5 Å². The molecule has 0 atom stereocenters. The zero-order chi connectivity index (χ0) is 15.2. The van der Waals surface area contributed by atoms with Gasteiger partial charge in [0.05, 0.1) is 5.56 Å². The van der Waals surface area contributed by atoms with E-state index in [1.807, 2.05) is 0 Å². The highest BCUT2D eigenvalue weighted by Crippen LogP contribution is 2.01. The van der Waals surface area contributed by atoms with Crippen molar-refractivity contribution in [1.29, 1.82) is 0 Å². The van der Waals surface area contributed by atoms with Crippen LogP contribution in [-0.4, -0.2) is 30.1 Å². The molecule has 0 saturated heterocycles. The van der Waals surface area contributed by atoms with Crippen LogP contribution in [0, 0.1) is 0 Å². The van der Waals surface area contributed by atoms with Gasteiger partial charge < -0.3 is 10.1 Å². The van der Waals surface area contributed by atoms with E-state index in [1.165, 1.54) is 0 Å². The molecule has 0 heterocycles. The van der Waals surface area contributed by atoms with Gasteiger partial charge in [-0.15, -0.1) is 0 Å². The molecule has 0 aliphatic carbocycles. The third-order valence-corrected chi connectivity index (χ3v) is 2.09. The van der Waals surface area contributed by atoms with Crippen molar-refractivity contribution >= 4 is 17.9 Å². The van der Waals surface area contributed by atoms with E-state index in [-0.39, 0.29) is 0 Å². The van der Waals surface area contributed by atoms with Crippen molar-refractivity contribution in [3.8, 4) is 0 Å². The standard InChI is InChI=1S/C14H18N2O4/c1-14(2,3)16-13(19)15-11(17)9-20-12(18)10-7-5-4-6-8-10/h4-8H,9H2,1-3H3,(H2,15,16,17,19). The summed E-state index contributed by atoms with van der Waals surface area (Å²) >= 11 is 0. The summed E-state index contributed by atoms with van der Waals surface area (Å²) in [6.07, 6.45) is 0. The van der Waals surface area contributed by atoms with Gasteiger partial charge in [0.2, 0.25) is 0 Å². The van der Waals surface area contributed by atoms with E-state index in [0.29, 0.717) is 5.56 Å². The first kappa shape index (κ1) is 15.7. The largest absolute Gasteiger partial charge is 0.452 e. The molecule has 6 nitrogen and oxygen atoms in total. The molecule has 20 heavy (non-hydrogen) atoms. The molecule has 0 aliphatic rings. The minimum Gasteiger partial charge on any atom is -0.452 e. The smallest absolute Gasteiger partial charge is 0.338 e. The molecule has 0 aliphatic heterocycles. The third-order valence-electron chi connectivity index (χ3n) is 2.09. The number of amides is 3. The average molecular weight is 278 g/mol. The number of imide groups is 1. The lowest BCUT2D eigenvalue weighted by atomic mass is 10.1. The molecule has 0 aromatic heterocycles. The minimum absolute atomic E-state index is 0.347. The van der Waals surface area contributed by atoms with E-state index in [2.05, 4.69) is 10.6 Å². The van der Waals surface area contributed by atoms with Gasteiger partial charge in [-0.25, -0.2) is 9.59 Å². The molecule has 108 valence electrons. The number of nitrogens with one attached hydrogen (secondary N) is 2. The summed E-state index contributed by atoms with van der Waals surface area (Å²) in [5.74, 6) is -1.30. The fourth-order valence-electron chi connectivity index (χ4n) is 1.32. The summed E-state index contributed by atoms with van der Waals surface area (Å²) in [6.45, 7) is 4.84. The summed E-state index contributed by atoms with van der Waals surface area (Å²) in [5.41, 5.74) is -0.107. The number of esters is 1. The lowest BCUT2D eigenvalue weighted by Gasteiger charge is -2.20. The van der Waals surface area contributed by atoms with Gasteiger partial charge in [0, 0.05) is 5.54 Å². The van der Waals surface area contributed by atoms with Gasteiger partial charge in [-0.3, -0.25) is 10.1 Å². The van der Waals surface area contributed by atoms with Crippen molar-refractivity contribution in [2.24, 2.45) is 0 Å². The monoisotopic (exact) mass is 278 g/mol. The van der Waals surface area contributed by atoms with Crippen LogP contribution in [0.4, 0.5) is 4.79 Å². The second-order valence-electron chi connectivity index (χ2n) is 5.19. The molecule has 3 amide bonds. The maximum absolute atomic E-state index is 11.6. The molecular formula is C14H18N2O4. The van der Waals surface area contributed by atoms with Gasteiger partial charge in [0.25, 0.3) is 5.91 Å². The molecule has 2 N–H and O–H groups in total. The highest BCUT2D eigenvalue weighted by atomic mass is 16.5. The van der Waals surface area contributed by atoms with Gasteiger partial charge in [-0.1, -0.05) is 18.2 Å². The van der Waals surface area contributed by atoms with Crippen LogP contribution in [0.1, 0.15) is 31.1 Å². The number of urea groups is 1. The molecule has 1 rings (SSSR count). The summed E-state index contributed by atoms with van der Waals surface area (Å²) in [4.78, 5) is 34.4. The van der Waals surface area contributed by atoms with E-state index >= 15 is 0 Å². The molecule has 6 heteroatoms. The number of carbonyl (C=O) groups excluding carboxylic acids is 3. The van der Waals surface area contributed by atoms with Crippen molar-refractivity contribution < 1.29 is 19.1 Å². The Morgan fingerprint density at radius 2 is 1.70 bits per heavy atom. The van der Waals surface area contributed by atoms with Crippen LogP contribution in [-0.2, 0) is 9.53 Å². The van der Waals surface area contributed by atoms with Gasteiger partial charge in [-0.05, 0) is 32.9 Å². The Hall–Kier alpha value is -2.37. The Morgan fingerprint density at radius 1 is 1.10 bits per heavy atom. The summed E-state index contributed by atoms with van der Waals surface area (Å²) in [6, 6.07) is 7.67. The average Bonchev–Trinajstić information content (AvgIpc) is 2.34. The highest BCUT2D eigenvalue weighted by molar-refractivity contribution is 5.97. The number of benzene rings is 1. The maximum Gasteiger partial charge on any atom is 0.338 e. The molecule has 0 unspecified atom stereocenters. The van der Waals surface area contributed by atoms with Crippen molar-refractivity contribution in [2.45, 2.75) is 26.3 Å². The van der Waals surface area contributed by atoms with Crippen molar-refractivity contribution in [2.75, 3.05) is 6.61 Å². The second kappa shape index (κ2) is 6.70. The molecule has 0 fully saturated rings. The van der Waals surface area contributed by atoms with Crippen LogP contribution in [0.3, 0.4) is 0 Å². The summed E-state index contributed by atoms with van der Waals surface area (Å²) in [7, 11) is 0. The Kier molecular flexibility index (Phi) is 5.25. The maximum atomic E-state index is 11.6. The normalized spacial score (nSPS) is 10.6. The molecule has 0 spiro atoms. The van der Waals surface area contributed by atoms with Gasteiger partial charge in [0.15, 0.2) is 6.61 Å². The first-order chi connectivity index (χ1) is 9.28. The molecular weight excluding hydrogens is 260 g/mol. The predicted molar refractivity (Wildman–Crippen MR) is 73.2 cm³/mol. The van der Waals surface area contributed by atoms with E-state index in [4.69, 9.17) is 4.74 Å². The number of ether oxygens (including phenoxy) is 1. The van der Waals surface area contributed by atoms with E-state index in [9.17, 15) is 14.4 Å². The molecule has 1 aromatic rings. The fraction of sp³-hybridized carbons (Fsp3) is 0.357. The van der Waals surface area contributed by atoms with Crippen LogP contribution in [0.5, 0.6) is 0 Å². The third kappa shape index (κ3) is 5.99. The summed E-state index contributed by atoms with van der Waals surface area (Å²) in [5, 5.41) is 4.64. The zero-order valence-electron chi connectivity index (χ0n) is 11.7. The second-order valence-corrected chi connectivity index (χ2v) is 5.19. The highest BCUT2D eigenvalue weighted by Gasteiger charge is 2.16. The number of rotatable bonds is 3. The van der Waals surface area contributed by atoms with Gasteiger partial charge >= 0.3 is 12.0 Å². The van der Waals surface area contributed by atoms with Crippen molar-refractivity contribution in [1.82, 2.24) is 10.6 Å². The molecule has 0 bridgehead atoms. The van der Waals surface area contributed by atoms with Crippen LogP contribution >= 0.6 is 0 Å². The molecule has 0 radical (unpaired) electrons. The Labute approximate surface area is 117 Å².